The second kappa shape index (κ2) is 4.23. The molecule has 0 atom stereocenters. The van der Waals surface area contributed by atoms with Gasteiger partial charge in [0.1, 0.15) is 5.82 Å². The van der Waals surface area contributed by atoms with Gasteiger partial charge in [0.05, 0.1) is 5.69 Å². The van der Waals surface area contributed by atoms with Crippen LogP contribution in [0.1, 0.15) is 38.4 Å². The molecule has 0 bridgehead atoms. The van der Waals surface area contributed by atoms with Crippen LogP contribution in [0, 0.1) is 0 Å². The van der Waals surface area contributed by atoms with Crippen molar-refractivity contribution in [2.75, 3.05) is 12.4 Å². The van der Waals surface area contributed by atoms with E-state index in [0.29, 0.717) is 12.1 Å². The monoisotopic (exact) mass is 208 g/mol. The van der Waals surface area contributed by atoms with Crippen molar-refractivity contribution in [2.24, 2.45) is 0 Å². The Labute approximate surface area is 91.1 Å². The molecule has 1 aromatic rings. The lowest BCUT2D eigenvalue weighted by Crippen LogP contribution is -2.13. The number of nitrogens with zero attached hydrogens (tertiary/aromatic N) is 2. The number of hydrogen-bond donors (Lipinski definition) is 2. The van der Waals surface area contributed by atoms with Gasteiger partial charge in [-0.15, -0.1) is 0 Å². The van der Waals surface area contributed by atoms with E-state index in [0.717, 1.165) is 12.4 Å². The molecule has 0 aromatic carbocycles. The number of anilines is 1. The molecule has 4 heteroatoms. The lowest BCUT2D eigenvalue weighted by atomic mass is 10.3. The minimum atomic E-state index is 0.420. The van der Waals surface area contributed by atoms with E-state index in [9.17, 15) is 0 Å². The summed E-state index contributed by atoms with van der Waals surface area (Å²) >= 11 is 0. The fraction of sp³-hybridized carbons (Fsp3) is 0.727. The molecule has 1 aliphatic carbocycles. The molecular formula is C11H20N4. The molecule has 1 fully saturated rings. The minimum absolute atomic E-state index is 0.420. The van der Waals surface area contributed by atoms with Crippen LogP contribution in [0.15, 0.2) is 6.07 Å². The zero-order valence-electron chi connectivity index (χ0n) is 9.75. The Bertz CT molecular complexity index is 325. The molecule has 0 unspecified atom stereocenters. The van der Waals surface area contributed by atoms with Crippen molar-refractivity contribution < 1.29 is 0 Å². The molecule has 1 aromatic heterocycles. The van der Waals surface area contributed by atoms with Crippen molar-refractivity contribution in [2.45, 2.75) is 45.3 Å². The first-order valence-electron chi connectivity index (χ1n) is 5.70. The van der Waals surface area contributed by atoms with Gasteiger partial charge in [-0.05, 0) is 33.7 Å². The second-order valence-corrected chi connectivity index (χ2v) is 4.51. The highest BCUT2D eigenvalue weighted by Gasteiger charge is 2.22. The second-order valence-electron chi connectivity index (χ2n) is 4.51. The van der Waals surface area contributed by atoms with E-state index in [4.69, 9.17) is 0 Å². The fourth-order valence-electron chi connectivity index (χ4n) is 1.70. The maximum Gasteiger partial charge on any atom is 0.148 e. The van der Waals surface area contributed by atoms with Crippen LogP contribution in [0.2, 0.25) is 0 Å². The molecule has 1 saturated carbocycles. The van der Waals surface area contributed by atoms with Crippen LogP contribution in [-0.2, 0) is 6.54 Å². The first-order chi connectivity index (χ1) is 7.20. The maximum absolute atomic E-state index is 4.57. The highest BCUT2D eigenvalue weighted by Crippen LogP contribution is 2.25. The molecule has 2 rings (SSSR count). The van der Waals surface area contributed by atoms with Gasteiger partial charge in [-0.2, -0.15) is 5.10 Å². The standard InChI is InChI=1S/C11H20N4/c1-8(2)15-10(7-12-3)6-11(14-15)13-9-4-5-9/h6,8-9,12H,4-5,7H2,1-3H3,(H,13,14). The summed E-state index contributed by atoms with van der Waals surface area (Å²) in [6, 6.07) is 3.24. The average molecular weight is 208 g/mol. The molecule has 4 nitrogen and oxygen atoms in total. The van der Waals surface area contributed by atoms with E-state index in [2.05, 4.69) is 40.3 Å². The molecule has 0 amide bonds. The van der Waals surface area contributed by atoms with E-state index in [1.54, 1.807) is 0 Å². The Balaban J connectivity index is 2.14. The Morgan fingerprint density at radius 1 is 1.53 bits per heavy atom. The lowest BCUT2D eigenvalue weighted by molar-refractivity contribution is 0.503. The number of nitrogens with one attached hydrogen (secondary N) is 2. The summed E-state index contributed by atoms with van der Waals surface area (Å²) in [7, 11) is 1.96. The van der Waals surface area contributed by atoms with Crippen LogP contribution >= 0.6 is 0 Å². The van der Waals surface area contributed by atoms with Crippen molar-refractivity contribution >= 4 is 5.82 Å². The van der Waals surface area contributed by atoms with Crippen LogP contribution < -0.4 is 10.6 Å². The van der Waals surface area contributed by atoms with E-state index in [-0.39, 0.29) is 0 Å². The van der Waals surface area contributed by atoms with Gasteiger partial charge in [-0.3, -0.25) is 4.68 Å². The quantitative estimate of drug-likeness (QED) is 0.774. The summed E-state index contributed by atoms with van der Waals surface area (Å²) < 4.78 is 2.08. The van der Waals surface area contributed by atoms with Gasteiger partial charge in [0, 0.05) is 24.7 Å². The van der Waals surface area contributed by atoms with E-state index < -0.39 is 0 Å². The first-order valence-corrected chi connectivity index (χ1v) is 5.70. The van der Waals surface area contributed by atoms with Gasteiger partial charge in [-0.1, -0.05) is 0 Å². The molecule has 1 aliphatic rings. The van der Waals surface area contributed by atoms with Crippen molar-refractivity contribution in [3.8, 4) is 0 Å². The van der Waals surface area contributed by atoms with Crippen LogP contribution in [0.25, 0.3) is 0 Å². The van der Waals surface area contributed by atoms with Crippen LogP contribution in [0.3, 0.4) is 0 Å². The lowest BCUT2D eigenvalue weighted by Gasteiger charge is -2.09. The van der Waals surface area contributed by atoms with E-state index in [1.807, 2.05) is 7.05 Å². The van der Waals surface area contributed by atoms with Crippen LogP contribution in [0.4, 0.5) is 5.82 Å². The topological polar surface area (TPSA) is 41.9 Å². The summed E-state index contributed by atoms with van der Waals surface area (Å²) in [5.41, 5.74) is 1.25. The molecular weight excluding hydrogens is 188 g/mol. The molecule has 84 valence electrons. The highest BCUT2D eigenvalue weighted by molar-refractivity contribution is 5.38. The van der Waals surface area contributed by atoms with Gasteiger partial charge in [0.2, 0.25) is 0 Å². The molecule has 0 saturated heterocycles. The molecule has 0 aliphatic heterocycles. The molecule has 0 spiro atoms. The molecule has 1 heterocycles. The van der Waals surface area contributed by atoms with E-state index >= 15 is 0 Å². The molecule has 15 heavy (non-hydrogen) atoms. The van der Waals surface area contributed by atoms with Gasteiger partial charge in [-0.25, -0.2) is 0 Å². The number of rotatable bonds is 5. The summed E-state index contributed by atoms with van der Waals surface area (Å²) in [4.78, 5) is 0. The van der Waals surface area contributed by atoms with Crippen LogP contribution in [0.5, 0.6) is 0 Å². The SMILES string of the molecule is CNCc1cc(NC2CC2)nn1C(C)C. The Morgan fingerprint density at radius 3 is 2.80 bits per heavy atom. The smallest absolute Gasteiger partial charge is 0.148 e. The maximum atomic E-state index is 4.57. The van der Waals surface area contributed by atoms with Gasteiger partial charge >= 0.3 is 0 Å². The predicted octanol–water partition coefficient (Wildman–Crippen LogP) is 1.76. The van der Waals surface area contributed by atoms with E-state index in [1.165, 1.54) is 18.5 Å². The Hall–Kier alpha value is -1.03. The third-order valence-corrected chi connectivity index (χ3v) is 2.59. The van der Waals surface area contributed by atoms with Crippen LogP contribution in [-0.4, -0.2) is 22.9 Å². The van der Waals surface area contributed by atoms with Gasteiger partial charge in [0.15, 0.2) is 0 Å². The minimum Gasteiger partial charge on any atom is -0.366 e. The first kappa shape index (κ1) is 10.5. The molecule has 0 radical (unpaired) electrons. The van der Waals surface area contributed by atoms with Crippen molar-refractivity contribution in [3.63, 3.8) is 0 Å². The fourth-order valence-corrected chi connectivity index (χ4v) is 1.70. The van der Waals surface area contributed by atoms with Crippen molar-refractivity contribution in [3.05, 3.63) is 11.8 Å². The zero-order valence-corrected chi connectivity index (χ0v) is 9.75. The summed E-state index contributed by atoms with van der Waals surface area (Å²) in [5.74, 6) is 1.02. The Morgan fingerprint density at radius 2 is 2.27 bits per heavy atom. The van der Waals surface area contributed by atoms with Gasteiger partial charge < -0.3 is 10.6 Å². The summed E-state index contributed by atoms with van der Waals surface area (Å²) in [5, 5.41) is 11.2. The Kier molecular flexibility index (Phi) is 2.95. The van der Waals surface area contributed by atoms with Gasteiger partial charge in [0.25, 0.3) is 0 Å². The average Bonchev–Trinajstić information content (AvgIpc) is 2.88. The largest absolute Gasteiger partial charge is 0.366 e. The van der Waals surface area contributed by atoms with Crippen molar-refractivity contribution in [1.29, 1.82) is 0 Å². The summed E-state index contributed by atoms with van der Waals surface area (Å²) in [6.07, 6.45) is 2.58. The number of hydrogen-bond acceptors (Lipinski definition) is 3. The normalized spacial score (nSPS) is 16.0. The molecule has 2 N–H and O–H groups in total. The van der Waals surface area contributed by atoms with Crippen molar-refractivity contribution in [1.82, 2.24) is 15.1 Å². The zero-order chi connectivity index (χ0) is 10.8. The highest BCUT2D eigenvalue weighted by atomic mass is 15.3. The summed E-state index contributed by atoms with van der Waals surface area (Å²) in [6.45, 7) is 5.19. The predicted molar refractivity (Wildman–Crippen MR) is 62.0 cm³/mol. The third kappa shape index (κ3) is 2.50. The third-order valence-electron chi connectivity index (χ3n) is 2.59. The number of aromatic nitrogens is 2.